The van der Waals surface area contributed by atoms with Crippen molar-refractivity contribution >= 4 is 11.6 Å². The number of hydrogen-bond acceptors (Lipinski definition) is 2. The second-order valence-corrected chi connectivity index (χ2v) is 8.05. The SMILES string of the molecule is CCCCCCCC(=O)C1CC2CCCC(=O)C2C1c1ccccc1. The fourth-order valence-corrected chi connectivity index (χ4v) is 5.16. The zero-order valence-corrected chi connectivity index (χ0v) is 15.6. The van der Waals surface area contributed by atoms with Crippen molar-refractivity contribution in [3.8, 4) is 0 Å². The summed E-state index contributed by atoms with van der Waals surface area (Å²) >= 11 is 0. The lowest BCUT2D eigenvalue weighted by atomic mass is 9.73. The quantitative estimate of drug-likeness (QED) is 0.568. The highest BCUT2D eigenvalue weighted by Gasteiger charge is 2.50. The summed E-state index contributed by atoms with van der Waals surface area (Å²) in [5.74, 6) is 1.52. The molecule has 0 bridgehead atoms. The third-order valence-electron chi connectivity index (χ3n) is 6.38. The molecule has 1 aromatic carbocycles. The van der Waals surface area contributed by atoms with Gasteiger partial charge >= 0.3 is 0 Å². The van der Waals surface area contributed by atoms with Crippen molar-refractivity contribution in [1.82, 2.24) is 0 Å². The summed E-state index contributed by atoms with van der Waals surface area (Å²) in [5.41, 5.74) is 1.20. The van der Waals surface area contributed by atoms with Gasteiger partial charge in [-0.3, -0.25) is 9.59 Å². The first-order chi connectivity index (χ1) is 12.2. The Labute approximate surface area is 152 Å². The van der Waals surface area contributed by atoms with Crippen molar-refractivity contribution in [2.45, 2.75) is 77.0 Å². The van der Waals surface area contributed by atoms with E-state index in [1.54, 1.807) is 0 Å². The van der Waals surface area contributed by atoms with E-state index in [-0.39, 0.29) is 17.8 Å². The van der Waals surface area contributed by atoms with Crippen LogP contribution >= 0.6 is 0 Å². The van der Waals surface area contributed by atoms with Crippen LogP contribution in [0.4, 0.5) is 0 Å². The number of ketones is 2. The van der Waals surface area contributed by atoms with Crippen molar-refractivity contribution in [3.63, 3.8) is 0 Å². The molecule has 0 radical (unpaired) electrons. The number of unbranched alkanes of at least 4 members (excludes halogenated alkanes) is 4. The van der Waals surface area contributed by atoms with Gasteiger partial charge in [-0.15, -0.1) is 0 Å². The lowest BCUT2D eigenvalue weighted by Gasteiger charge is -2.29. The molecule has 2 saturated carbocycles. The summed E-state index contributed by atoms with van der Waals surface area (Å²) in [7, 11) is 0. The van der Waals surface area contributed by atoms with Crippen LogP contribution in [0.25, 0.3) is 0 Å². The van der Waals surface area contributed by atoms with Gasteiger partial charge in [-0.05, 0) is 37.2 Å². The van der Waals surface area contributed by atoms with Crippen molar-refractivity contribution < 1.29 is 9.59 Å². The molecule has 0 spiro atoms. The van der Waals surface area contributed by atoms with Crippen molar-refractivity contribution in [1.29, 1.82) is 0 Å². The highest BCUT2D eigenvalue weighted by Crippen LogP contribution is 2.52. The Morgan fingerprint density at radius 3 is 2.56 bits per heavy atom. The molecule has 136 valence electrons. The van der Waals surface area contributed by atoms with Gasteiger partial charge in [0.15, 0.2) is 0 Å². The molecule has 1 aromatic rings. The van der Waals surface area contributed by atoms with Crippen LogP contribution in [0.5, 0.6) is 0 Å². The highest BCUT2D eigenvalue weighted by molar-refractivity contribution is 5.88. The van der Waals surface area contributed by atoms with Gasteiger partial charge < -0.3 is 0 Å². The molecule has 2 fully saturated rings. The third-order valence-corrected chi connectivity index (χ3v) is 6.38. The Kier molecular flexibility index (Phi) is 6.45. The fourth-order valence-electron chi connectivity index (χ4n) is 5.16. The lowest BCUT2D eigenvalue weighted by Crippen LogP contribution is -2.29. The maximum Gasteiger partial charge on any atom is 0.136 e. The molecule has 0 aliphatic heterocycles. The van der Waals surface area contributed by atoms with Crippen molar-refractivity contribution in [2.75, 3.05) is 0 Å². The van der Waals surface area contributed by atoms with Crippen LogP contribution in [0.2, 0.25) is 0 Å². The molecule has 2 aliphatic rings. The highest BCUT2D eigenvalue weighted by atomic mass is 16.1. The largest absolute Gasteiger partial charge is 0.299 e. The molecule has 0 saturated heterocycles. The van der Waals surface area contributed by atoms with Gasteiger partial charge in [-0.25, -0.2) is 0 Å². The molecule has 2 nitrogen and oxygen atoms in total. The molecule has 2 heteroatoms. The first-order valence-corrected chi connectivity index (χ1v) is 10.3. The average Bonchev–Trinajstić information content (AvgIpc) is 3.03. The maximum absolute atomic E-state index is 13.0. The van der Waals surface area contributed by atoms with Gasteiger partial charge in [0, 0.05) is 30.6 Å². The van der Waals surface area contributed by atoms with Crippen LogP contribution in [0, 0.1) is 17.8 Å². The number of carbonyl (C=O) groups excluding carboxylic acids is 2. The summed E-state index contributed by atoms with van der Waals surface area (Å²) in [6, 6.07) is 10.3. The standard InChI is InChI=1S/C23H32O2/c1-2-3-4-5-9-14-20(24)19-16-18-13-10-15-21(25)23(18)22(19)17-11-7-6-8-12-17/h6-8,11-12,18-19,22-23H,2-5,9-10,13-16H2,1H3. The molecular weight excluding hydrogens is 308 g/mol. The van der Waals surface area contributed by atoms with Gasteiger partial charge in [-0.1, -0.05) is 62.9 Å². The topological polar surface area (TPSA) is 34.1 Å². The second-order valence-electron chi connectivity index (χ2n) is 8.05. The zero-order valence-electron chi connectivity index (χ0n) is 15.6. The molecule has 3 rings (SSSR count). The van der Waals surface area contributed by atoms with Gasteiger partial charge in [0.05, 0.1) is 0 Å². The number of fused-ring (bicyclic) bond motifs is 1. The number of Topliss-reactive ketones (excluding diaryl/α,β-unsaturated/α-hetero) is 2. The maximum atomic E-state index is 13.0. The average molecular weight is 341 g/mol. The Morgan fingerprint density at radius 2 is 1.80 bits per heavy atom. The first kappa shape index (κ1) is 18.4. The Balaban J connectivity index is 1.72. The predicted octanol–water partition coefficient (Wildman–Crippen LogP) is 5.71. The molecular formula is C23H32O2. The van der Waals surface area contributed by atoms with Gasteiger partial charge in [0.2, 0.25) is 0 Å². The van der Waals surface area contributed by atoms with Crippen LogP contribution in [0.3, 0.4) is 0 Å². The van der Waals surface area contributed by atoms with E-state index >= 15 is 0 Å². The van der Waals surface area contributed by atoms with E-state index in [0.717, 1.165) is 32.1 Å². The van der Waals surface area contributed by atoms with E-state index in [0.29, 0.717) is 30.3 Å². The van der Waals surface area contributed by atoms with Crippen LogP contribution in [0.1, 0.15) is 82.6 Å². The molecule has 0 amide bonds. The van der Waals surface area contributed by atoms with E-state index in [4.69, 9.17) is 0 Å². The fraction of sp³-hybridized carbons (Fsp3) is 0.652. The van der Waals surface area contributed by atoms with Crippen LogP contribution in [0.15, 0.2) is 30.3 Å². The van der Waals surface area contributed by atoms with E-state index in [1.165, 1.54) is 24.8 Å². The number of carbonyl (C=O) groups is 2. The van der Waals surface area contributed by atoms with Gasteiger partial charge in [0.25, 0.3) is 0 Å². The zero-order chi connectivity index (χ0) is 17.6. The minimum Gasteiger partial charge on any atom is -0.299 e. The summed E-state index contributed by atoms with van der Waals surface area (Å²) in [6.07, 6.45) is 10.4. The molecule has 25 heavy (non-hydrogen) atoms. The van der Waals surface area contributed by atoms with Crippen molar-refractivity contribution in [3.05, 3.63) is 35.9 Å². The van der Waals surface area contributed by atoms with E-state index in [2.05, 4.69) is 19.1 Å². The van der Waals surface area contributed by atoms with E-state index in [1.807, 2.05) is 18.2 Å². The minimum atomic E-state index is 0.0608. The summed E-state index contributed by atoms with van der Waals surface area (Å²) in [5, 5.41) is 0. The van der Waals surface area contributed by atoms with Gasteiger partial charge in [-0.2, -0.15) is 0 Å². The molecule has 0 heterocycles. The van der Waals surface area contributed by atoms with Crippen LogP contribution in [-0.2, 0) is 9.59 Å². The predicted molar refractivity (Wildman–Crippen MR) is 102 cm³/mol. The molecule has 0 aromatic heterocycles. The Bertz CT molecular complexity index is 577. The monoisotopic (exact) mass is 340 g/mol. The Morgan fingerprint density at radius 1 is 1.04 bits per heavy atom. The molecule has 4 unspecified atom stereocenters. The van der Waals surface area contributed by atoms with Crippen LogP contribution in [-0.4, -0.2) is 11.6 Å². The summed E-state index contributed by atoms with van der Waals surface area (Å²) in [6.45, 7) is 2.22. The molecule has 2 aliphatic carbocycles. The minimum absolute atomic E-state index is 0.0608. The normalized spacial score (nSPS) is 28.8. The smallest absolute Gasteiger partial charge is 0.136 e. The van der Waals surface area contributed by atoms with Gasteiger partial charge in [0.1, 0.15) is 11.6 Å². The third kappa shape index (κ3) is 4.22. The van der Waals surface area contributed by atoms with E-state index in [9.17, 15) is 9.59 Å². The van der Waals surface area contributed by atoms with Crippen LogP contribution < -0.4 is 0 Å². The summed E-state index contributed by atoms with van der Waals surface area (Å²) in [4.78, 5) is 25.6. The second kappa shape index (κ2) is 8.78. The number of rotatable bonds is 8. The number of benzene rings is 1. The molecule has 0 N–H and O–H groups in total. The first-order valence-electron chi connectivity index (χ1n) is 10.3. The van der Waals surface area contributed by atoms with Crippen molar-refractivity contribution in [2.24, 2.45) is 17.8 Å². The summed E-state index contributed by atoms with van der Waals surface area (Å²) < 4.78 is 0. The molecule has 4 atom stereocenters. The van der Waals surface area contributed by atoms with E-state index < -0.39 is 0 Å². The lowest BCUT2D eigenvalue weighted by molar-refractivity contribution is -0.126. The number of hydrogen-bond donors (Lipinski definition) is 0. The Hall–Kier alpha value is -1.44.